The minimum atomic E-state index is -0.254. The third kappa shape index (κ3) is 4.94. The second-order valence-corrected chi connectivity index (χ2v) is 10.2. The second-order valence-electron chi connectivity index (χ2n) is 10.2. The summed E-state index contributed by atoms with van der Waals surface area (Å²) in [4.78, 5) is 30.2. The number of benzene rings is 1. The average molecular weight is 516 g/mol. The molecule has 0 unspecified atom stereocenters. The van der Waals surface area contributed by atoms with Gasteiger partial charge in [0.05, 0.1) is 29.8 Å². The van der Waals surface area contributed by atoms with Crippen LogP contribution < -0.4 is 20.4 Å². The molecule has 1 aromatic carbocycles. The van der Waals surface area contributed by atoms with Gasteiger partial charge >= 0.3 is 0 Å². The van der Waals surface area contributed by atoms with Crippen LogP contribution in [0.25, 0.3) is 22.6 Å². The predicted molar refractivity (Wildman–Crippen MR) is 148 cm³/mol. The number of hydrogen-bond donors (Lipinski definition) is 3. The molecule has 0 spiro atoms. The standard InChI is InChI=1S/C27H33N9O2/c1-17-15-36(16-18(2)29-17)25-7-4-19(14-28-25)27(37)32-24-13-23(34(3)33-24)26-30-21-6-5-20(12-22(21)31-26)35-8-10-38-11-9-35/h4-7,12-14,17-18,29H,8-11,15-16H2,1-3H3,(H,30,31)(H,32,33,37)/t17-,18+. The summed E-state index contributed by atoms with van der Waals surface area (Å²) in [6.07, 6.45) is 1.62. The topological polar surface area (TPSA) is 116 Å². The van der Waals surface area contributed by atoms with Gasteiger partial charge < -0.3 is 30.2 Å². The minimum absolute atomic E-state index is 0.254. The number of piperazine rings is 1. The Labute approximate surface area is 221 Å². The minimum Gasteiger partial charge on any atom is -0.378 e. The Morgan fingerprint density at radius 2 is 1.84 bits per heavy atom. The number of carbonyl (C=O) groups is 1. The highest BCUT2D eigenvalue weighted by molar-refractivity contribution is 6.03. The monoisotopic (exact) mass is 515 g/mol. The number of H-pyrrole nitrogens is 1. The highest BCUT2D eigenvalue weighted by Crippen LogP contribution is 2.26. The van der Waals surface area contributed by atoms with Gasteiger partial charge in [-0.2, -0.15) is 5.10 Å². The fourth-order valence-electron chi connectivity index (χ4n) is 5.29. The van der Waals surface area contributed by atoms with Crippen molar-refractivity contribution in [3.8, 4) is 11.5 Å². The molecule has 6 rings (SSSR count). The molecule has 2 atom stereocenters. The summed E-state index contributed by atoms with van der Waals surface area (Å²) >= 11 is 0. The predicted octanol–water partition coefficient (Wildman–Crippen LogP) is 2.63. The molecule has 5 heterocycles. The van der Waals surface area contributed by atoms with E-state index in [1.165, 1.54) is 0 Å². The molecule has 3 aromatic heterocycles. The Morgan fingerprint density at radius 1 is 1.05 bits per heavy atom. The molecule has 1 amide bonds. The highest BCUT2D eigenvalue weighted by Gasteiger charge is 2.22. The molecule has 2 saturated heterocycles. The van der Waals surface area contributed by atoms with Crippen molar-refractivity contribution in [3.05, 3.63) is 48.2 Å². The zero-order valence-electron chi connectivity index (χ0n) is 21.9. The number of hydrogen-bond acceptors (Lipinski definition) is 8. The number of anilines is 3. The summed E-state index contributed by atoms with van der Waals surface area (Å²) in [6, 6.07) is 12.6. The Bertz CT molecular complexity index is 1430. The van der Waals surface area contributed by atoms with Crippen LogP contribution in [0.5, 0.6) is 0 Å². The number of amides is 1. The average Bonchev–Trinajstić information content (AvgIpc) is 3.50. The van der Waals surface area contributed by atoms with Crippen molar-refractivity contribution < 1.29 is 9.53 Å². The maximum atomic E-state index is 12.9. The van der Waals surface area contributed by atoms with Gasteiger partial charge in [0.2, 0.25) is 0 Å². The third-order valence-corrected chi connectivity index (χ3v) is 7.10. The van der Waals surface area contributed by atoms with Gasteiger partial charge in [-0.25, -0.2) is 9.97 Å². The molecule has 0 aliphatic carbocycles. The van der Waals surface area contributed by atoms with Crippen molar-refractivity contribution in [2.45, 2.75) is 25.9 Å². The van der Waals surface area contributed by atoms with E-state index in [4.69, 9.17) is 9.72 Å². The number of nitrogens with one attached hydrogen (secondary N) is 3. The summed E-state index contributed by atoms with van der Waals surface area (Å²) < 4.78 is 7.18. The number of pyridine rings is 1. The number of ether oxygens (including phenoxy) is 1. The normalized spacial score (nSPS) is 20.2. The first-order valence-electron chi connectivity index (χ1n) is 13.1. The van der Waals surface area contributed by atoms with E-state index < -0.39 is 0 Å². The molecule has 0 bridgehead atoms. The van der Waals surface area contributed by atoms with E-state index in [9.17, 15) is 4.79 Å². The number of morpholine rings is 1. The Balaban J connectivity index is 1.16. The zero-order valence-corrected chi connectivity index (χ0v) is 21.9. The molecular formula is C27H33N9O2. The first-order valence-corrected chi connectivity index (χ1v) is 13.1. The van der Waals surface area contributed by atoms with Gasteiger partial charge in [0.25, 0.3) is 5.91 Å². The van der Waals surface area contributed by atoms with Crippen LogP contribution in [0.3, 0.4) is 0 Å². The molecule has 0 saturated carbocycles. The number of imidazole rings is 1. The van der Waals surface area contributed by atoms with Crippen LogP contribution in [0.1, 0.15) is 24.2 Å². The zero-order chi connectivity index (χ0) is 26.2. The van der Waals surface area contributed by atoms with E-state index in [-0.39, 0.29) is 5.91 Å². The van der Waals surface area contributed by atoms with Crippen LogP contribution in [-0.4, -0.2) is 82.1 Å². The summed E-state index contributed by atoms with van der Waals surface area (Å²) in [5, 5.41) is 10.9. The lowest BCUT2D eigenvalue weighted by atomic mass is 10.1. The molecule has 11 nitrogen and oxygen atoms in total. The van der Waals surface area contributed by atoms with Crippen LogP contribution in [0.4, 0.5) is 17.3 Å². The van der Waals surface area contributed by atoms with Crippen molar-refractivity contribution in [2.75, 3.05) is 54.5 Å². The SMILES string of the molecule is C[C@@H]1CN(c2ccc(C(=O)Nc3cc(-c4nc5cc(N6CCOCC6)ccc5[nH]4)n(C)n3)cn2)C[C@H](C)N1. The fraction of sp³-hybridized carbons (Fsp3) is 0.407. The number of fused-ring (bicyclic) bond motifs is 1. The first kappa shape index (κ1) is 24.4. The van der Waals surface area contributed by atoms with Gasteiger partial charge in [0.1, 0.15) is 11.5 Å². The van der Waals surface area contributed by atoms with E-state index in [0.29, 0.717) is 29.3 Å². The van der Waals surface area contributed by atoms with Crippen LogP contribution in [0.15, 0.2) is 42.6 Å². The number of aromatic amines is 1. The lowest BCUT2D eigenvalue weighted by molar-refractivity contribution is 0.102. The largest absolute Gasteiger partial charge is 0.378 e. The van der Waals surface area contributed by atoms with E-state index in [0.717, 1.165) is 67.6 Å². The quantitative estimate of drug-likeness (QED) is 0.372. The van der Waals surface area contributed by atoms with E-state index >= 15 is 0 Å². The molecule has 11 heteroatoms. The number of nitrogens with zero attached hydrogens (tertiary/aromatic N) is 6. The Morgan fingerprint density at radius 3 is 2.58 bits per heavy atom. The lowest BCUT2D eigenvalue weighted by Crippen LogP contribution is -2.54. The summed E-state index contributed by atoms with van der Waals surface area (Å²) in [5.41, 5.74) is 4.23. The molecule has 2 aliphatic rings. The van der Waals surface area contributed by atoms with Crippen LogP contribution in [0, 0.1) is 0 Å². The van der Waals surface area contributed by atoms with Crippen LogP contribution >= 0.6 is 0 Å². The number of aryl methyl sites for hydroxylation is 1. The van der Waals surface area contributed by atoms with E-state index in [1.807, 2.05) is 31.3 Å². The molecule has 2 aliphatic heterocycles. The molecule has 38 heavy (non-hydrogen) atoms. The number of carbonyl (C=O) groups excluding carboxylic acids is 1. The van der Waals surface area contributed by atoms with Gasteiger partial charge in [0, 0.05) is 63.3 Å². The number of aromatic nitrogens is 5. The van der Waals surface area contributed by atoms with Gasteiger partial charge in [-0.3, -0.25) is 9.48 Å². The smallest absolute Gasteiger partial charge is 0.258 e. The summed E-state index contributed by atoms with van der Waals surface area (Å²) in [7, 11) is 1.84. The van der Waals surface area contributed by atoms with Crippen molar-refractivity contribution in [2.24, 2.45) is 7.05 Å². The van der Waals surface area contributed by atoms with Crippen molar-refractivity contribution in [3.63, 3.8) is 0 Å². The van der Waals surface area contributed by atoms with Gasteiger partial charge in [0.15, 0.2) is 11.6 Å². The second kappa shape index (κ2) is 10.1. The maximum Gasteiger partial charge on any atom is 0.258 e. The summed E-state index contributed by atoms with van der Waals surface area (Å²) in [5.74, 6) is 1.77. The molecular weight excluding hydrogens is 482 g/mol. The van der Waals surface area contributed by atoms with Gasteiger partial charge in [-0.15, -0.1) is 0 Å². The lowest BCUT2D eigenvalue weighted by Gasteiger charge is -2.36. The first-order chi connectivity index (χ1) is 18.4. The van der Waals surface area contributed by atoms with Gasteiger partial charge in [-0.1, -0.05) is 0 Å². The maximum absolute atomic E-state index is 12.9. The molecule has 3 N–H and O–H groups in total. The molecule has 198 valence electrons. The van der Waals surface area contributed by atoms with Crippen molar-refractivity contribution >= 4 is 34.3 Å². The highest BCUT2D eigenvalue weighted by atomic mass is 16.5. The van der Waals surface area contributed by atoms with Gasteiger partial charge in [-0.05, 0) is 44.2 Å². The van der Waals surface area contributed by atoms with E-state index in [1.54, 1.807) is 10.9 Å². The molecule has 4 aromatic rings. The van der Waals surface area contributed by atoms with E-state index in [2.05, 4.69) is 61.5 Å². The van der Waals surface area contributed by atoms with Crippen molar-refractivity contribution in [1.82, 2.24) is 30.0 Å². The third-order valence-electron chi connectivity index (χ3n) is 7.10. The molecule has 2 fully saturated rings. The van der Waals surface area contributed by atoms with Crippen molar-refractivity contribution in [1.29, 1.82) is 0 Å². The van der Waals surface area contributed by atoms with Crippen LogP contribution in [0.2, 0.25) is 0 Å². The van der Waals surface area contributed by atoms with Crippen LogP contribution in [-0.2, 0) is 11.8 Å². The Kier molecular flexibility index (Phi) is 6.46. The number of rotatable bonds is 5. The fourth-order valence-corrected chi connectivity index (χ4v) is 5.29. The Hall–Kier alpha value is -3.96. The summed E-state index contributed by atoms with van der Waals surface area (Å²) in [6.45, 7) is 9.33. The molecule has 0 radical (unpaired) electrons.